The highest BCUT2D eigenvalue weighted by Gasteiger charge is 2.27. The lowest BCUT2D eigenvalue weighted by Crippen LogP contribution is -2.43. The van der Waals surface area contributed by atoms with Gasteiger partial charge in [-0.2, -0.15) is 0 Å². The van der Waals surface area contributed by atoms with Gasteiger partial charge in [0, 0.05) is 16.8 Å². The van der Waals surface area contributed by atoms with Gasteiger partial charge in [0.1, 0.15) is 11.9 Å². The molecular weight excluding hydrogens is 335 g/mol. The standard InChI is InChI=1S/C12H12BrFN2O2S/c13-8-1-2-9(14)7(5-8)3-4-15-11(17)10-6-19-12(18)16-10/h1-2,5,10H,3-4,6H2,(H,15,17)(H,16,18)/t10-/m0/s1. The zero-order valence-electron chi connectivity index (χ0n) is 9.91. The smallest absolute Gasteiger partial charge is 0.279 e. The highest BCUT2D eigenvalue weighted by atomic mass is 79.9. The molecule has 0 saturated carbocycles. The Morgan fingerprint density at radius 2 is 2.37 bits per heavy atom. The van der Waals surface area contributed by atoms with Crippen LogP contribution in [0, 0.1) is 5.82 Å². The van der Waals surface area contributed by atoms with E-state index in [1.54, 1.807) is 12.1 Å². The van der Waals surface area contributed by atoms with Gasteiger partial charge in [0.05, 0.1) is 0 Å². The summed E-state index contributed by atoms with van der Waals surface area (Å²) < 4.78 is 14.3. The summed E-state index contributed by atoms with van der Waals surface area (Å²) in [6, 6.07) is 4.22. The average molecular weight is 347 g/mol. The van der Waals surface area contributed by atoms with Gasteiger partial charge in [0.15, 0.2) is 0 Å². The van der Waals surface area contributed by atoms with Crippen molar-refractivity contribution in [2.75, 3.05) is 12.3 Å². The topological polar surface area (TPSA) is 58.2 Å². The summed E-state index contributed by atoms with van der Waals surface area (Å²) in [5.41, 5.74) is 0.541. The number of amides is 2. The molecule has 0 unspecified atom stereocenters. The Morgan fingerprint density at radius 3 is 3.05 bits per heavy atom. The van der Waals surface area contributed by atoms with Crippen LogP contribution in [0.25, 0.3) is 0 Å². The minimum absolute atomic E-state index is 0.182. The number of carbonyl (C=O) groups excluding carboxylic acids is 2. The number of thioether (sulfide) groups is 1. The van der Waals surface area contributed by atoms with Crippen LogP contribution in [0.15, 0.2) is 22.7 Å². The van der Waals surface area contributed by atoms with Crippen molar-refractivity contribution >= 4 is 38.8 Å². The van der Waals surface area contributed by atoms with E-state index in [1.165, 1.54) is 6.07 Å². The predicted molar refractivity (Wildman–Crippen MR) is 75.6 cm³/mol. The third kappa shape index (κ3) is 3.94. The molecule has 19 heavy (non-hydrogen) atoms. The van der Waals surface area contributed by atoms with Gasteiger partial charge in [-0.15, -0.1) is 0 Å². The molecule has 1 aliphatic heterocycles. The van der Waals surface area contributed by atoms with E-state index >= 15 is 0 Å². The first-order valence-electron chi connectivity index (χ1n) is 5.71. The molecule has 1 saturated heterocycles. The SMILES string of the molecule is O=C1N[C@H](C(=O)NCCc2cc(Br)ccc2F)CS1. The van der Waals surface area contributed by atoms with Crippen molar-refractivity contribution in [3.63, 3.8) is 0 Å². The van der Waals surface area contributed by atoms with Crippen LogP contribution in [0.3, 0.4) is 0 Å². The lowest BCUT2D eigenvalue weighted by molar-refractivity contribution is -0.122. The van der Waals surface area contributed by atoms with Crippen LogP contribution >= 0.6 is 27.7 Å². The van der Waals surface area contributed by atoms with Gasteiger partial charge < -0.3 is 10.6 Å². The van der Waals surface area contributed by atoms with Gasteiger partial charge in [-0.3, -0.25) is 9.59 Å². The van der Waals surface area contributed by atoms with E-state index in [2.05, 4.69) is 26.6 Å². The molecule has 2 rings (SSSR count). The Morgan fingerprint density at radius 1 is 1.58 bits per heavy atom. The van der Waals surface area contributed by atoms with E-state index in [9.17, 15) is 14.0 Å². The van der Waals surface area contributed by atoms with Crippen LogP contribution in [0.2, 0.25) is 0 Å². The van der Waals surface area contributed by atoms with Crippen molar-refractivity contribution in [1.82, 2.24) is 10.6 Å². The summed E-state index contributed by atoms with van der Waals surface area (Å²) in [4.78, 5) is 22.6. The second-order valence-electron chi connectivity index (χ2n) is 4.07. The summed E-state index contributed by atoms with van der Waals surface area (Å²) in [7, 11) is 0. The van der Waals surface area contributed by atoms with Crippen molar-refractivity contribution in [2.45, 2.75) is 12.5 Å². The fourth-order valence-corrected chi connectivity index (χ4v) is 2.89. The summed E-state index contributed by atoms with van der Waals surface area (Å²) in [6.07, 6.45) is 0.408. The maximum atomic E-state index is 13.5. The quantitative estimate of drug-likeness (QED) is 0.877. The van der Waals surface area contributed by atoms with Crippen LogP contribution in [0.4, 0.5) is 9.18 Å². The Hall–Kier alpha value is -1.08. The van der Waals surface area contributed by atoms with Gasteiger partial charge in [0.2, 0.25) is 5.91 Å². The van der Waals surface area contributed by atoms with Crippen LogP contribution in [-0.4, -0.2) is 29.5 Å². The second-order valence-corrected chi connectivity index (χ2v) is 5.98. The Labute approximate surface area is 122 Å². The molecule has 1 heterocycles. The van der Waals surface area contributed by atoms with Crippen molar-refractivity contribution in [3.05, 3.63) is 34.1 Å². The highest BCUT2D eigenvalue weighted by molar-refractivity contribution is 9.10. The van der Waals surface area contributed by atoms with E-state index in [-0.39, 0.29) is 17.0 Å². The maximum Gasteiger partial charge on any atom is 0.279 e. The zero-order valence-corrected chi connectivity index (χ0v) is 12.3. The first kappa shape index (κ1) is 14.3. The number of hydrogen-bond donors (Lipinski definition) is 2. The van der Waals surface area contributed by atoms with Crippen LogP contribution < -0.4 is 10.6 Å². The lowest BCUT2D eigenvalue weighted by Gasteiger charge is -2.10. The van der Waals surface area contributed by atoms with Crippen molar-refractivity contribution in [2.24, 2.45) is 0 Å². The van der Waals surface area contributed by atoms with E-state index < -0.39 is 6.04 Å². The number of benzene rings is 1. The molecule has 0 spiro atoms. The molecule has 0 bridgehead atoms. The highest BCUT2D eigenvalue weighted by Crippen LogP contribution is 2.16. The van der Waals surface area contributed by atoms with E-state index in [4.69, 9.17) is 0 Å². The maximum absolute atomic E-state index is 13.5. The normalized spacial score (nSPS) is 18.2. The van der Waals surface area contributed by atoms with Gasteiger partial charge in [-0.05, 0) is 30.2 Å². The summed E-state index contributed by atoms with van der Waals surface area (Å²) in [5.74, 6) is -0.0773. The van der Waals surface area contributed by atoms with E-state index in [0.717, 1.165) is 16.2 Å². The van der Waals surface area contributed by atoms with Gasteiger partial charge >= 0.3 is 0 Å². The minimum Gasteiger partial charge on any atom is -0.354 e. The second kappa shape index (κ2) is 6.38. The molecule has 0 radical (unpaired) electrons. The van der Waals surface area contributed by atoms with Crippen molar-refractivity contribution < 1.29 is 14.0 Å². The lowest BCUT2D eigenvalue weighted by atomic mass is 10.1. The fraction of sp³-hybridized carbons (Fsp3) is 0.333. The minimum atomic E-state index is -0.482. The first-order valence-corrected chi connectivity index (χ1v) is 7.49. The molecule has 4 nitrogen and oxygen atoms in total. The largest absolute Gasteiger partial charge is 0.354 e. The molecule has 7 heteroatoms. The summed E-state index contributed by atoms with van der Waals surface area (Å²) in [5, 5.41) is 5.06. The summed E-state index contributed by atoms with van der Waals surface area (Å²) >= 11 is 4.36. The first-order chi connectivity index (χ1) is 9.06. The van der Waals surface area contributed by atoms with Gasteiger partial charge in [-0.25, -0.2) is 4.39 Å². The van der Waals surface area contributed by atoms with Crippen LogP contribution in [0.5, 0.6) is 0 Å². The molecule has 1 aromatic carbocycles. The molecule has 2 amide bonds. The van der Waals surface area contributed by atoms with Crippen molar-refractivity contribution in [1.29, 1.82) is 0 Å². The van der Waals surface area contributed by atoms with E-state index in [1.807, 2.05) is 0 Å². The third-order valence-electron chi connectivity index (χ3n) is 2.69. The fourth-order valence-electron chi connectivity index (χ4n) is 1.70. The molecule has 2 N–H and O–H groups in total. The molecular formula is C12H12BrFN2O2S. The molecule has 0 aromatic heterocycles. The summed E-state index contributed by atoms with van der Waals surface area (Å²) in [6.45, 7) is 0.337. The molecule has 1 aromatic rings. The van der Waals surface area contributed by atoms with Gasteiger partial charge in [-0.1, -0.05) is 27.7 Å². The average Bonchev–Trinajstić information content (AvgIpc) is 2.80. The number of carbonyl (C=O) groups is 2. The monoisotopic (exact) mass is 346 g/mol. The van der Waals surface area contributed by atoms with Crippen LogP contribution in [-0.2, 0) is 11.2 Å². The molecule has 0 aliphatic carbocycles. The number of rotatable bonds is 4. The zero-order chi connectivity index (χ0) is 13.8. The predicted octanol–water partition coefficient (Wildman–Crippen LogP) is 2.07. The Kier molecular flexibility index (Phi) is 4.81. The van der Waals surface area contributed by atoms with Crippen LogP contribution in [0.1, 0.15) is 5.56 Å². The molecule has 102 valence electrons. The molecule has 1 atom stereocenters. The van der Waals surface area contributed by atoms with Gasteiger partial charge in [0.25, 0.3) is 5.24 Å². The number of nitrogens with one attached hydrogen (secondary N) is 2. The Balaban J connectivity index is 1.81. The molecule has 1 fully saturated rings. The Bertz CT molecular complexity index is 513. The van der Waals surface area contributed by atoms with E-state index in [0.29, 0.717) is 24.3 Å². The number of hydrogen-bond acceptors (Lipinski definition) is 3. The third-order valence-corrected chi connectivity index (χ3v) is 4.06. The molecule has 1 aliphatic rings. The van der Waals surface area contributed by atoms with Crippen molar-refractivity contribution in [3.8, 4) is 0 Å². The number of halogens is 2.